The van der Waals surface area contributed by atoms with E-state index in [0.29, 0.717) is 12.8 Å². The van der Waals surface area contributed by atoms with Crippen molar-refractivity contribution >= 4 is 101 Å². The lowest BCUT2D eigenvalue weighted by Gasteiger charge is -2.31. The summed E-state index contributed by atoms with van der Waals surface area (Å²) >= 11 is 0. The van der Waals surface area contributed by atoms with E-state index < -0.39 is 188 Å². The van der Waals surface area contributed by atoms with Crippen LogP contribution in [0.3, 0.4) is 0 Å². The van der Waals surface area contributed by atoms with Crippen molar-refractivity contribution in [2.45, 2.75) is 196 Å². The molecule has 0 aromatic rings. The number of unbranched alkanes of at least 4 members (excludes halogenated alkanes) is 2. The zero-order valence-corrected chi connectivity index (χ0v) is 54.2. The van der Waals surface area contributed by atoms with E-state index in [0.717, 1.165) is 9.80 Å². The van der Waals surface area contributed by atoms with Gasteiger partial charge in [-0.25, -0.2) is 4.79 Å². The smallest absolute Gasteiger partial charge is 0.326 e. The molecule has 2 aliphatic heterocycles. The molecule has 2 aliphatic rings. The van der Waals surface area contributed by atoms with Crippen molar-refractivity contribution in [1.29, 1.82) is 0 Å². The van der Waals surface area contributed by atoms with Crippen LogP contribution in [0.4, 0.5) is 0 Å². The third kappa shape index (κ3) is 30.7. The maximum Gasteiger partial charge on any atom is 0.326 e. The second-order valence-electron chi connectivity index (χ2n) is 23.5. The maximum atomic E-state index is 14.5. The zero-order chi connectivity index (χ0) is 72.2. The van der Waals surface area contributed by atoms with Gasteiger partial charge in [-0.2, -0.15) is 0 Å². The molecule has 2 saturated heterocycles. The number of guanidine groups is 2. The van der Waals surface area contributed by atoms with Crippen molar-refractivity contribution in [3.63, 3.8) is 0 Å². The van der Waals surface area contributed by atoms with E-state index in [-0.39, 0.29) is 141 Å². The van der Waals surface area contributed by atoms with E-state index in [1.54, 1.807) is 13.8 Å². The van der Waals surface area contributed by atoms with Crippen LogP contribution in [0.25, 0.3) is 0 Å². The summed E-state index contributed by atoms with van der Waals surface area (Å²) in [4.78, 5) is 209. The van der Waals surface area contributed by atoms with Crippen molar-refractivity contribution in [2.24, 2.45) is 56.0 Å². The highest BCUT2D eigenvalue weighted by molar-refractivity contribution is 6.00. The van der Waals surface area contributed by atoms with Crippen LogP contribution < -0.4 is 88.0 Å². The standard InChI is InChI=1S/C57H98N20O19/c1-30(2)25-38(55(95)96)75-48(88)33(13-7-21-65-56(61)62)72-52(92)40-16-9-23-76(40)53(93)34(14-8-22-66-57(63)64)73-50(90)37(27-45(84)85)69-42(79)29-67-46(86)31(11-3-5-19-58)71-51(91)39-15-10-24-77(39)54(94)35(17-18-43(80)81)74-47(87)32(12-4-6-20-59)70-49(89)36(26-44(82)83)68-41(78)28-60/h30-40H,3-29,58-60H2,1-2H3,(H,67,86)(H,68,78)(H,69,79)(H,70,89)(H,71,91)(H,72,92)(H,73,90)(H,74,87)(H,75,88)(H,80,81)(H,82,83)(H,84,85)(H,95,96)(H4,61,62,65)(H4,63,64,66)/t31-,32-,33-,34-,35-,36-,37-,38-,39-,40-/m0/s1. The van der Waals surface area contributed by atoms with Gasteiger partial charge in [0, 0.05) is 32.6 Å². The number of rotatable bonds is 46. The van der Waals surface area contributed by atoms with Crippen molar-refractivity contribution < 1.29 is 92.3 Å². The van der Waals surface area contributed by atoms with Gasteiger partial charge in [-0.05, 0) is 122 Å². The van der Waals surface area contributed by atoms with E-state index in [1.165, 1.54) is 0 Å². The number of hydrogen-bond donors (Lipinski definition) is 20. The number of hydrogen-bond acceptors (Lipinski definition) is 20. The van der Waals surface area contributed by atoms with Crippen LogP contribution in [-0.2, 0) is 71.9 Å². The summed E-state index contributed by atoms with van der Waals surface area (Å²) in [6, 6.07) is -14.9. The van der Waals surface area contributed by atoms with Gasteiger partial charge in [0.25, 0.3) is 0 Å². The lowest BCUT2D eigenvalue weighted by atomic mass is 10.0. The number of aliphatic carboxylic acids is 4. The summed E-state index contributed by atoms with van der Waals surface area (Å²) in [6.45, 7) is 2.16. The van der Waals surface area contributed by atoms with Crippen molar-refractivity contribution in [3.05, 3.63) is 0 Å². The molecule has 0 saturated carbocycles. The van der Waals surface area contributed by atoms with Gasteiger partial charge >= 0.3 is 23.9 Å². The maximum absolute atomic E-state index is 14.5. The average molecular weight is 1370 g/mol. The predicted octanol–water partition coefficient (Wildman–Crippen LogP) is -7.77. The minimum absolute atomic E-state index is 0.0124. The minimum atomic E-state index is -1.91. The number of nitrogens with two attached hydrogens (primary N) is 7. The fraction of sp³-hybridized carbons (Fsp3) is 0.702. The van der Waals surface area contributed by atoms with Crippen molar-refractivity contribution in [3.8, 4) is 0 Å². The molecule has 0 aliphatic carbocycles. The summed E-state index contributed by atoms with van der Waals surface area (Å²) in [5, 5.41) is 60.4. The van der Waals surface area contributed by atoms with Gasteiger partial charge in [0.1, 0.15) is 60.4 Å². The molecular formula is C57H98N20O19. The summed E-state index contributed by atoms with van der Waals surface area (Å²) in [6.07, 6.45) is -1.66. The van der Waals surface area contributed by atoms with Gasteiger partial charge in [-0.1, -0.05) is 13.8 Å². The number of nitrogens with zero attached hydrogens (tertiary/aromatic N) is 4. The second-order valence-corrected chi connectivity index (χ2v) is 23.5. The normalized spacial score (nSPS) is 16.6. The zero-order valence-electron chi connectivity index (χ0n) is 54.2. The van der Waals surface area contributed by atoms with E-state index in [9.17, 15) is 92.3 Å². The van der Waals surface area contributed by atoms with E-state index >= 15 is 0 Å². The van der Waals surface area contributed by atoms with Gasteiger partial charge in [-0.3, -0.25) is 77.1 Å². The predicted molar refractivity (Wildman–Crippen MR) is 341 cm³/mol. The first-order valence-electron chi connectivity index (χ1n) is 31.7. The Morgan fingerprint density at radius 1 is 0.448 bits per heavy atom. The molecule has 0 spiro atoms. The molecule has 0 bridgehead atoms. The third-order valence-corrected chi connectivity index (χ3v) is 15.2. The quantitative estimate of drug-likeness (QED) is 0.0153. The number of carbonyl (C=O) groups is 15. The number of carboxylic acids is 4. The fourth-order valence-corrected chi connectivity index (χ4v) is 10.5. The number of aliphatic imine (C=N–C) groups is 2. The number of nitrogens with one attached hydrogen (secondary N) is 9. The number of likely N-dealkylation sites (tertiary alicyclic amines) is 2. The largest absolute Gasteiger partial charge is 0.481 e. The molecule has 2 fully saturated rings. The topological polar surface area (TPSA) is 659 Å². The highest BCUT2D eigenvalue weighted by Crippen LogP contribution is 2.23. The lowest BCUT2D eigenvalue weighted by Crippen LogP contribution is -2.59. The lowest BCUT2D eigenvalue weighted by molar-refractivity contribution is -0.144. The molecule has 39 nitrogen and oxygen atoms in total. The third-order valence-electron chi connectivity index (χ3n) is 15.2. The molecule has 27 N–H and O–H groups in total. The van der Waals surface area contributed by atoms with Crippen LogP contribution in [0, 0.1) is 5.92 Å². The molecule has 0 unspecified atom stereocenters. The number of carboxylic acid groups (broad SMARTS) is 4. The SMILES string of the molecule is CC(C)C[C@H](NC(=O)[C@H](CCCN=C(N)N)NC(=O)[C@@H]1CCCN1C(=O)[C@H](CCCN=C(N)N)NC(=O)[C@H](CC(=O)O)NC(=O)CNC(=O)[C@H](CCCCN)NC(=O)[C@@H]1CCCN1C(=O)[C@H](CCC(=O)O)NC(=O)[C@H](CCCCN)NC(=O)[C@H](CC(=O)O)NC(=O)CN)C(=O)O. The van der Waals surface area contributed by atoms with Crippen LogP contribution in [-0.4, -0.2) is 244 Å². The first kappa shape index (κ1) is 82.6. The van der Waals surface area contributed by atoms with Gasteiger partial charge in [0.05, 0.1) is 25.9 Å². The molecule has 11 amide bonds. The van der Waals surface area contributed by atoms with Gasteiger partial charge in [0.2, 0.25) is 65.0 Å². The Morgan fingerprint density at radius 3 is 1.24 bits per heavy atom. The minimum Gasteiger partial charge on any atom is -0.481 e. The Hall–Kier alpha value is -9.53. The first-order chi connectivity index (χ1) is 45.3. The fourth-order valence-electron chi connectivity index (χ4n) is 10.5. The van der Waals surface area contributed by atoms with Crippen molar-refractivity contribution in [1.82, 2.24) is 57.7 Å². The van der Waals surface area contributed by atoms with Crippen molar-refractivity contribution in [2.75, 3.05) is 52.4 Å². The second kappa shape index (κ2) is 43.5. The molecular weight excluding hydrogens is 1270 g/mol. The van der Waals surface area contributed by atoms with Crippen LogP contribution in [0.15, 0.2) is 9.98 Å². The molecule has 0 aromatic heterocycles. The van der Waals surface area contributed by atoms with Crippen LogP contribution in [0.5, 0.6) is 0 Å². The average Bonchev–Trinajstić information content (AvgIpc) is 1.62. The van der Waals surface area contributed by atoms with E-state index in [2.05, 4.69) is 57.8 Å². The van der Waals surface area contributed by atoms with Gasteiger partial charge in [0.15, 0.2) is 11.9 Å². The summed E-state index contributed by atoms with van der Waals surface area (Å²) in [7, 11) is 0. The van der Waals surface area contributed by atoms with Crippen LogP contribution in [0.1, 0.15) is 136 Å². The molecule has 0 radical (unpaired) electrons. The number of amides is 11. The molecule has 96 heavy (non-hydrogen) atoms. The van der Waals surface area contributed by atoms with E-state index in [1.807, 2.05) is 0 Å². The van der Waals surface area contributed by atoms with E-state index in [4.69, 9.17) is 40.1 Å². The highest BCUT2D eigenvalue weighted by Gasteiger charge is 2.42. The Kier molecular flexibility index (Phi) is 37.4. The van der Waals surface area contributed by atoms with Crippen LogP contribution >= 0.6 is 0 Å². The Morgan fingerprint density at radius 2 is 0.833 bits per heavy atom. The molecule has 540 valence electrons. The Labute approximate surface area is 553 Å². The molecule has 10 atom stereocenters. The Bertz CT molecular complexity index is 2770. The molecule has 2 heterocycles. The number of carbonyl (C=O) groups excluding carboxylic acids is 11. The van der Waals surface area contributed by atoms with Crippen LogP contribution in [0.2, 0.25) is 0 Å². The van der Waals surface area contributed by atoms with Gasteiger partial charge in [-0.15, -0.1) is 0 Å². The molecule has 0 aromatic carbocycles. The molecule has 39 heteroatoms. The Balaban J connectivity index is 2.38. The summed E-state index contributed by atoms with van der Waals surface area (Å²) in [5.41, 5.74) is 38.6. The summed E-state index contributed by atoms with van der Waals surface area (Å²) < 4.78 is 0. The monoisotopic (exact) mass is 1370 g/mol. The highest BCUT2D eigenvalue weighted by atomic mass is 16.4. The first-order valence-corrected chi connectivity index (χ1v) is 31.7. The molecule has 2 rings (SSSR count). The summed E-state index contributed by atoms with van der Waals surface area (Å²) in [5.74, 6) is -17.0. The van der Waals surface area contributed by atoms with Gasteiger partial charge < -0.3 is 118 Å².